The average molecular weight is 500 g/mol. The smallest absolute Gasteiger partial charge is 0.146 e. The first-order valence-corrected chi connectivity index (χ1v) is 13.9. The number of thiophene rings is 1. The molecule has 36 heavy (non-hydrogen) atoms. The molecule has 0 unspecified atom stereocenters. The van der Waals surface area contributed by atoms with Crippen molar-refractivity contribution in [3.05, 3.63) is 77.4 Å². The number of rotatable bonds is 7. The van der Waals surface area contributed by atoms with Gasteiger partial charge in [0.2, 0.25) is 0 Å². The summed E-state index contributed by atoms with van der Waals surface area (Å²) in [7, 11) is 0. The second-order valence-corrected chi connectivity index (χ2v) is 10.5. The highest BCUT2D eigenvalue weighted by atomic mass is 32.1. The maximum atomic E-state index is 5.54. The zero-order valence-electron chi connectivity index (χ0n) is 20.7. The van der Waals surface area contributed by atoms with E-state index in [9.17, 15) is 0 Å². The summed E-state index contributed by atoms with van der Waals surface area (Å²) in [5.74, 6) is 2.03. The number of nitrogens with zero attached hydrogens (tertiary/aromatic N) is 5. The van der Waals surface area contributed by atoms with Crippen LogP contribution in [0.25, 0.3) is 21.3 Å². The van der Waals surface area contributed by atoms with Crippen LogP contribution >= 0.6 is 11.3 Å². The average Bonchev–Trinajstić information content (AvgIpc) is 3.37. The number of hydrogen-bond acceptors (Lipinski definition) is 7. The Morgan fingerprint density at radius 1 is 0.778 bits per heavy atom. The minimum Gasteiger partial charge on any atom is -0.379 e. The molecule has 2 aliphatic heterocycles. The Labute approximate surface area is 217 Å². The second kappa shape index (κ2) is 11.0. The highest BCUT2D eigenvalue weighted by Crippen LogP contribution is 2.38. The Balaban J connectivity index is 1.25. The normalized spacial score (nSPS) is 17.6. The molecule has 0 bridgehead atoms. The third-order valence-electron chi connectivity index (χ3n) is 7.25. The quantitative estimate of drug-likeness (QED) is 0.372. The summed E-state index contributed by atoms with van der Waals surface area (Å²) >= 11 is 1.74. The van der Waals surface area contributed by atoms with Gasteiger partial charge in [0, 0.05) is 56.8 Å². The predicted molar refractivity (Wildman–Crippen MR) is 148 cm³/mol. The molecule has 0 atom stereocenters. The van der Waals surface area contributed by atoms with Crippen molar-refractivity contribution >= 4 is 27.4 Å². The van der Waals surface area contributed by atoms with E-state index in [4.69, 9.17) is 14.7 Å². The fourth-order valence-corrected chi connectivity index (χ4v) is 6.13. The molecular formula is C29H33N5OS. The highest BCUT2D eigenvalue weighted by molar-refractivity contribution is 7.17. The first-order valence-electron chi connectivity index (χ1n) is 13.0. The molecule has 0 amide bonds. The summed E-state index contributed by atoms with van der Waals surface area (Å²) in [6.07, 6.45) is 1.10. The van der Waals surface area contributed by atoms with E-state index >= 15 is 0 Å². The Bertz CT molecular complexity index is 1270. The molecule has 0 aliphatic carbocycles. The van der Waals surface area contributed by atoms with Gasteiger partial charge >= 0.3 is 0 Å². The molecule has 6 rings (SSSR count). The van der Waals surface area contributed by atoms with E-state index in [-0.39, 0.29) is 0 Å². The van der Waals surface area contributed by atoms with Gasteiger partial charge in [-0.1, -0.05) is 60.7 Å². The highest BCUT2D eigenvalue weighted by Gasteiger charge is 2.24. The molecular weight excluding hydrogens is 466 g/mol. The first kappa shape index (κ1) is 23.6. The maximum Gasteiger partial charge on any atom is 0.146 e. The lowest BCUT2D eigenvalue weighted by Gasteiger charge is -2.36. The van der Waals surface area contributed by atoms with Crippen LogP contribution in [0.15, 0.2) is 66.0 Å². The molecule has 186 valence electrons. The summed E-state index contributed by atoms with van der Waals surface area (Å²) in [4.78, 5) is 18.8. The summed E-state index contributed by atoms with van der Waals surface area (Å²) < 4.78 is 5.54. The van der Waals surface area contributed by atoms with E-state index in [0.717, 1.165) is 88.5 Å². The van der Waals surface area contributed by atoms with Crippen LogP contribution in [0.4, 0.5) is 5.82 Å². The van der Waals surface area contributed by atoms with Crippen LogP contribution < -0.4 is 4.90 Å². The molecule has 0 spiro atoms. The monoisotopic (exact) mass is 499 g/mol. The van der Waals surface area contributed by atoms with Gasteiger partial charge in [0.05, 0.1) is 25.1 Å². The lowest BCUT2D eigenvalue weighted by atomic mass is 10.1. The van der Waals surface area contributed by atoms with Crippen molar-refractivity contribution in [2.75, 3.05) is 63.9 Å². The lowest BCUT2D eigenvalue weighted by Crippen LogP contribution is -2.47. The molecule has 2 aromatic heterocycles. The van der Waals surface area contributed by atoms with Crippen LogP contribution in [-0.4, -0.2) is 78.8 Å². The number of benzene rings is 2. The number of aromatic nitrogens is 2. The Kier molecular flexibility index (Phi) is 7.23. The SMILES string of the molecule is c1ccc(CCN2CCN(c3nc(CN4CCOCC4)nc4scc(-c5ccccc5)c34)CC2)cc1. The van der Waals surface area contributed by atoms with Gasteiger partial charge in [0.25, 0.3) is 0 Å². The summed E-state index contributed by atoms with van der Waals surface area (Å²) in [5, 5.41) is 3.46. The van der Waals surface area contributed by atoms with Crippen LogP contribution in [0, 0.1) is 0 Å². The first-order chi connectivity index (χ1) is 17.8. The van der Waals surface area contributed by atoms with Crippen molar-refractivity contribution in [1.82, 2.24) is 19.8 Å². The molecule has 6 nitrogen and oxygen atoms in total. The molecule has 2 fully saturated rings. The molecule has 0 radical (unpaired) electrons. The van der Waals surface area contributed by atoms with Crippen LogP contribution in [0.1, 0.15) is 11.4 Å². The number of piperazine rings is 1. The van der Waals surface area contributed by atoms with Crippen LogP contribution in [0.2, 0.25) is 0 Å². The van der Waals surface area contributed by atoms with Crippen LogP contribution in [0.5, 0.6) is 0 Å². The van der Waals surface area contributed by atoms with E-state index in [1.165, 1.54) is 22.1 Å². The number of hydrogen-bond donors (Lipinski definition) is 0. The van der Waals surface area contributed by atoms with Crippen molar-refractivity contribution in [2.45, 2.75) is 13.0 Å². The standard InChI is InChI=1S/C29H33N5OS/c1-3-7-23(8-4-1)11-12-32-13-15-34(16-14-32)28-27-25(24-9-5-2-6-10-24)22-36-29(27)31-26(30-28)21-33-17-19-35-20-18-33/h1-10,22H,11-21H2. The molecule has 7 heteroatoms. The fourth-order valence-electron chi connectivity index (χ4n) is 5.17. The topological polar surface area (TPSA) is 44.7 Å². The van der Waals surface area contributed by atoms with E-state index in [2.05, 4.69) is 80.7 Å². The number of anilines is 1. The minimum absolute atomic E-state index is 0.780. The van der Waals surface area contributed by atoms with Crippen LogP contribution in [-0.2, 0) is 17.7 Å². The number of fused-ring (bicyclic) bond motifs is 1. The summed E-state index contributed by atoms with van der Waals surface area (Å²) in [6.45, 7) is 9.43. The third kappa shape index (κ3) is 5.30. The summed E-state index contributed by atoms with van der Waals surface area (Å²) in [5.41, 5.74) is 3.89. The van der Waals surface area contributed by atoms with Crippen molar-refractivity contribution in [3.8, 4) is 11.1 Å². The largest absolute Gasteiger partial charge is 0.379 e. The van der Waals surface area contributed by atoms with Gasteiger partial charge in [-0.15, -0.1) is 11.3 Å². The Hall–Kier alpha value is -2.84. The van der Waals surface area contributed by atoms with E-state index in [1.807, 2.05) is 0 Å². The van der Waals surface area contributed by atoms with Crippen molar-refractivity contribution in [2.24, 2.45) is 0 Å². The molecule has 0 N–H and O–H groups in total. The minimum atomic E-state index is 0.780. The zero-order valence-corrected chi connectivity index (χ0v) is 21.5. The zero-order chi connectivity index (χ0) is 24.2. The van der Waals surface area contributed by atoms with Gasteiger partial charge in [-0.25, -0.2) is 9.97 Å². The van der Waals surface area contributed by atoms with Gasteiger partial charge in [0.1, 0.15) is 16.5 Å². The fraction of sp³-hybridized carbons (Fsp3) is 0.379. The lowest BCUT2D eigenvalue weighted by molar-refractivity contribution is 0.0331. The van der Waals surface area contributed by atoms with Gasteiger partial charge in [0.15, 0.2) is 0 Å². The van der Waals surface area contributed by atoms with Crippen molar-refractivity contribution in [1.29, 1.82) is 0 Å². The molecule has 2 aromatic carbocycles. The number of morpholine rings is 1. The van der Waals surface area contributed by atoms with Crippen molar-refractivity contribution in [3.63, 3.8) is 0 Å². The maximum absolute atomic E-state index is 5.54. The molecule has 4 heterocycles. The van der Waals surface area contributed by atoms with Gasteiger partial charge in [-0.3, -0.25) is 9.80 Å². The van der Waals surface area contributed by atoms with E-state index < -0.39 is 0 Å². The van der Waals surface area contributed by atoms with Crippen molar-refractivity contribution < 1.29 is 4.74 Å². The molecule has 4 aromatic rings. The molecule has 2 aliphatic rings. The Morgan fingerprint density at radius 3 is 2.25 bits per heavy atom. The van der Waals surface area contributed by atoms with Gasteiger partial charge in [-0.2, -0.15) is 0 Å². The Morgan fingerprint density at radius 2 is 1.50 bits per heavy atom. The van der Waals surface area contributed by atoms with E-state index in [1.54, 1.807) is 11.3 Å². The van der Waals surface area contributed by atoms with Gasteiger partial charge in [-0.05, 0) is 17.5 Å². The molecule has 0 saturated carbocycles. The van der Waals surface area contributed by atoms with Gasteiger partial charge < -0.3 is 9.64 Å². The second-order valence-electron chi connectivity index (χ2n) is 9.61. The number of ether oxygens (including phenoxy) is 1. The molecule has 2 saturated heterocycles. The van der Waals surface area contributed by atoms with E-state index in [0.29, 0.717) is 0 Å². The summed E-state index contributed by atoms with van der Waals surface area (Å²) in [6, 6.07) is 21.5. The predicted octanol–water partition coefficient (Wildman–Crippen LogP) is 4.56. The van der Waals surface area contributed by atoms with Crippen LogP contribution in [0.3, 0.4) is 0 Å². The third-order valence-corrected chi connectivity index (χ3v) is 8.12.